The summed E-state index contributed by atoms with van der Waals surface area (Å²) < 4.78 is 5.34. The first-order valence-electron chi connectivity index (χ1n) is 4.77. The van der Waals surface area contributed by atoms with Crippen LogP contribution in [0.2, 0.25) is 0 Å². The fourth-order valence-electron chi connectivity index (χ4n) is 1.96. The van der Waals surface area contributed by atoms with Crippen LogP contribution in [0, 0.1) is 12.3 Å². The molecule has 2 nitrogen and oxygen atoms in total. The maximum Gasteiger partial charge on any atom is 0.165 e. The van der Waals surface area contributed by atoms with E-state index in [1.807, 2.05) is 0 Å². The lowest BCUT2D eigenvalue weighted by molar-refractivity contribution is -0.140. The van der Waals surface area contributed by atoms with Crippen molar-refractivity contribution in [3.8, 4) is 12.3 Å². The number of hydrogen-bond donors (Lipinski definition) is 0. The Morgan fingerprint density at radius 3 is 2.62 bits per heavy atom. The summed E-state index contributed by atoms with van der Waals surface area (Å²) in [5, 5.41) is 0. The molecule has 0 N–H and O–H groups in total. The standard InChI is InChI=1S/C11H16O2/c1-3-4-7-10(12)11(13-2)8-5-6-9-11/h1H,4-9H2,2H3. The summed E-state index contributed by atoms with van der Waals surface area (Å²) in [4.78, 5) is 11.7. The fraction of sp³-hybridized carbons (Fsp3) is 0.727. The number of rotatable bonds is 4. The fourth-order valence-corrected chi connectivity index (χ4v) is 1.96. The second-order valence-electron chi connectivity index (χ2n) is 3.53. The van der Waals surface area contributed by atoms with Crippen molar-refractivity contribution in [1.82, 2.24) is 0 Å². The molecule has 0 heterocycles. The minimum atomic E-state index is -0.489. The van der Waals surface area contributed by atoms with Crippen molar-refractivity contribution in [2.45, 2.75) is 44.1 Å². The number of carbonyl (C=O) groups is 1. The van der Waals surface area contributed by atoms with Crippen LogP contribution in [0.1, 0.15) is 38.5 Å². The zero-order valence-corrected chi connectivity index (χ0v) is 8.14. The number of hydrogen-bond acceptors (Lipinski definition) is 2. The number of methoxy groups -OCH3 is 1. The lowest BCUT2D eigenvalue weighted by Gasteiger charge is -2.25. The van der Waals surface area contributed by atoms with Crippen LogP contribution in [0.5, 0.6) is 0 Å². The molecule has 2 heteroatoms. The highest BCUT2D eigenvalue weighted by molar-refractivity contribution is 5.87. The summed E-state index contributed by atoms with van der Waals surface area (Å²) in [6.07, 6.45) is 10.0. The minimum absolute atomic E-state index is 0.186. The Balaban J connectivity index is 2.55. The van der Waals surface area contributed by atoms with Crippen LogP contribution in [-0.4, -0.2) is 18.5 Å². The molecule has 0 aromatic carbocycles. The molecule has 1 aliphatic rings. The van der Waals surface area contributed by atoms with Crippen molar-refractivity contribution in [3.05, 3.63) is 0 Å². The van der Waals surface area contributed by atoms with Gasteiger partial charge < -0.3 is 4.74 Å². The molecule has 1 fully saturated rings. The van der Waals surface area contributed by atoms with E-state index >= 15 is 0 Å². The molecule has 0 aromatic rings. The Morgan fingerprint density at radius 1 is 1.54 bits per heavy atom. The summed E-state index contributed by atoms with van der Waals surface area (Å²) >= 11 is 0. The molecule has 1 saturated carbocycles. The van der Waals surface area contributed by atoms with Crippen LogP contribution >= 0.6 is 0 Å². The molecule has 0 spiro atoms. The van der Waals surface area contributed by atoms with Gasteiger partial charge in [-0.05, 0) is 25.7 Å². The van der Waals surface area contributed by atoms with Gasteiger partial charge in [-0.25, -0.2) is 0 Å². The summed E-state index contributed by atoms with van der Waals surface area (Å²) in [6.45, 7) is 0. The number of Topliss-reactive ketones (excluding diaryl/α,β-unsaturated/α-hetero) is 1. The third-order valence-electron chi connectivity index (χ3n) is 2.81. The van der Waals surface area contributed by atoms with Gasteiger partial charge in [0.25, 0.3) is 0 Å². The van der Waals surface area contributed by atoms with Crippen molar-refractivity contribution < 1.29 is 9.53 Å². The van der Waals surface area contributed by atoms with E-state index in [2.05, 4.69) is 5.92 Å². The predicted molar refractivity (Wildman–Crippen MR) is 51.3 cm³/mol. The van der Waals surface area contributed by atoms with Crippen LogP contribution in [0.4, 0.5) is 0 Å². The van der Waals surface area contributed by atoms with Crippen molar-refractivity contribution in [2.75, 3.05) is 7.11 Å². The van der Waals surface area contributed by atoms with Gasteiger partial charge in [-0.2, -0.15) is 0 Å². The number of ether oxygens (including phenoxy) is 1. The Labute approximate surface area is 79.7 Å². The van der Waals surface area contributed by atoms with E-state index in [-0.39, 0.29) is 5.78 Å². The number of ketones is 1. The SMILES string of the molecule is C#CCCC(=O)C1(OC)CCCC1. The highest BCUT2D eigenvalue weighted by atomic mass is 16.5. The molecule has 72 valence electrons. The summed E-state index contributed by atoms with van der Waals surface area (Å²) in [7, 11) is 1.62. The molecule has 0 amide bonds. The van der Waals surface area contributed by atoms with E-state index in [0.29, 0.717) is 12.8 Å². The smallest absolute Gasteiger partial charge is 0.165 e. The van der Waals surface area contributed by atoms with Gasteiger partial charge in [0.05, 0.1) is 0 Å². The number of carbonyl (C=O) groups excluding carboxylic acids is 1. The molecule has 1 rings (SSSR count). The van der Waals surface area contributed by atoms with Gasteiger partial charge in [0, 0.05) is 20.0 Å². The Kier molecular flexibility index (Phi) is 3.50. The Hall–Kier alpha value is -0.810. The molecule has 0 atom stereocenters. The normalized spacial score (nSPS) is 19.7. The van der Waals surface area contributed by atoms with Crippen LogP contribution in [0.15, 0.2) is 0 Å². The third kappa shape index (κ3) is 2.10. The van der Waals surface area contributed by atoms with Gasteiger partial charge in [0.15, 0.2) is 5.78 Å². The van der Waals surface area contributed by atoms with Gasteiger partial charge >= 0.3 is 0 Å². The maximum absolute atomic E-state index is 11.7. The molecule has 0 aromatic heterocycles. The van der Waals surface area contributed by atoms with Crippen LogP contribution in [0.25, 0.3) is 0 Å². The molecule has 0 saturated heterocycles. The zero-order chi connectivity index (χ0) is 9.73. The second kappa shape index (κ2) is 4.43. The Morgan fingerprint density at radius 2 is 2.15 bits per heavy atom. The van der Waals surface area contributed by atoms with Crippen molar-refractivity contribution in [2.24, 2.45) is 0 Å². The van der Waals surface area contributed by atoms with Gasteiger partial charge in [-0.1, -0.05) is 0 Å². The lowest BCUT2D eigenvalue weighted by atomic mass is 9.93. The van der Waals surface area contributed by atoms with E-state index in [4.69, 9.17) is 11.2 Å². The quantitative estimate of drug-likeness (QED) is 0.618. The summed E-state index contributed by atoms with van der Waals surface area (Å²) in [5.41, 5.74) is -0.489. The molecule has 0 aliphatic heterocycles. The molecular formula is C11H16O2. The first kappa shape index (κ1) is 10.3. The highest BCUT2D eigenvalue weighted by Gasteiger charge is 2.40. The van der Waals surface area contributed by atoms with E-state index in [1.54, 1.807) is 7.11 Å². The van der Waals surface area contributed by atoms with Gasteiger partial charge in [-0.15, -0.1) is 12.3 Å². The molecule has 1 aliphatic carbocycles. The van der Waals surface area contributed by atoms with Crippen molar-refractivity contribution in [3.63, 3.8) is 0 Å². The molecule has 0 radical (unpaired) electrons. The van der Waals surface area contributed by atoms with E-state index < -0.39 is 5.60 Å². The van der Waals surface area contributed by atoms with Gasteiger partial charge in [0.1, 0.15) is 5.60 Å². The minimum Gasteiger partial charge on any atom is -0.370 e. The van der Waals surface area contributed by atoms with Gasteiger partial charge in [0.2, 0.25) is 0 Å². The summed E-state index contributed by atoms with van der Waals surface area (Å²) in [6, 6.07) is 0. The van der Waals surface area contributed by atoms with E-state index in [0.717, 1.165) is 25.7 Å². The topological polar surface area (TPSA) is 26.3 Å². The monoisotopic (exact) mass is 180 g/mol. The van der Waals surface area contributed by atoms with E-state index in [9.17, 15) is 4.79 Å². The maximum atomic E-state index is 11.7. The lowest BCUT2D eigenvalue weighted by Crippen LogP contribution is -2.37. The largest absolute Gasteiger partial charge is 0.370 e. The predicted octanol–water partition coefficient (Wildman–Crippen LogP) is 1.93. The molecule has 13 heavy (non-hydrogen) atoms. The van der Waals surface area contributed by atoms with Crippen LogP contribution < -0.4 is 0 Å². The first-order chi connectivity index (χ1) is 6.25. The molecule has 0 unspecified atom stereocenters. The average molecular weight is 180 g/mol. The Bertz CT molecular complexity index is 219. The first-order valence-corrected chi connectivity index (χ1v) is 4.77. The zero-order valence-electron chi connectivity index (χ0n) is 8.14. The van der Waals surface area contributed by atoms with Crippen molar-refractivity contribution >= 4 is 5.78 Å². The third-order valence-corrected chi connectivity index (χ3v) is 2.81. The average Bonchev–Trinajstić information content (AvgIpc) is 2.63. The number of terminal acetylenes is 1. The van der Waals surface area contributed by atoms with Crippen molar-refractivity contribution in [1.29, 1.82) is 0 Å². The molecular weight excluding hydrogens is 164 g/mol. The van der Waals surface area contributed by atoms with E-state index in [1.165, 1.54) is 0 Å². The second-order valence-corrected chi connectivity index (χ2v) is 3.53. The highest BCUT2D eigenvalue weighted by Crippen LogP contribution is 2.34. The molecule has 0 bridgehead atoms. The van der Waals surface area contributed by atoms with Crippen LogP contribution in [0.3, 0.4) is 0 Å². The van der Waals surface area contributed by atoms with Gasteiger partial charge in [-0.3, -0.25) is 4.79 Å². The van der Waals surface area contributed by atoms with Crippen LogP contribution in [-0.2, 0) is 9.53 Å². The summed E-state index contributed by atoms with van der Waals surface area (Å²) in [5.74, 6) is 2.67.